The van der Waals surface area contributed by atoms with Crippen molar-refractivity contribution in [2.75, 3.05) is 7.05 Å². The normalized spacial score (nSPS) is 12.7. The first kappa shape index (κ1) is 15.2. The smallest absolute Gasteiger partial charge is 0.326 e. The van der Waals surface area contributed by atoms with Gasteiger partial charge < -0.3 is 21.1 Å². The maximum atomic E-state index is 11.7. The maximum Gasteiger partial charge on any atom is 0.326 e. The molecule has 3 amide bonds. The number of primary amides is 1. The lowest BCUT2D eigenvalue weighted by molar-refractivity contribution is -0.141. The molecule has 0 radical (unpaired) electrons. The summed E-state index contributed by atoms with van der Waals surface area (Å²) in [6.45, 7) is 4.66. The van der Waals surface area contributed by atoms with Gasteiger partial charge in [-0.3, -0.25) is 4.79 Å². The fourth-order valence-corrected chi connectivity index (χ4v) is 1.20. The zero-order valence-electron chi connectivity index (χ0n) is 10.5. The monoisotopic (exact) mass is 245 g/mol. The van der Waals surface area contributed by atoms with Crippen molar-refractivity contribution >= 4 is 17.9 Å². The lowest BCUT2D eigenvalue weighted by Gasteiger charge is -2.29. The molecule has 0 bridgehead atoms. The Morgan fingerprint density at radius 3 is 2.24 bits per heavy atom. The quantitative estimate of drug-likeness (QED) is 0.620. The maximum absolute atomic E-state index is 11.7. The standard InChI is InChI=1S/C10H19N3O4/c1-6(8(15)16)13(4)9(17)12-10(2,3)5-7(11)14/h6H,5H2,1-4H3,(H2,11,14)(H,12,17)(H,15,16). The third kappa shape index (κ3) is 5.19. The van der Waals surface area contributed by atoms with E-state index in [9.17, 15) is 14.4 Å². The van der Waals surface area contributed by atoms with Crippen LogP contribution in [0.25, 0.3) is 0 Å². The fourth-order valence-electron chi connectivity index (χ4n) is 1.20. The van der Waals surface area contributed by atoms with E-state index < -0.39 is 29.5 Å². The molecule has 7 nitrogen and oxygen atoms in total. The Balaban J connectivity index is 4.53. The van der Waals surface area contributed by atoms with E-state index in [2.05, 4.69) is 5.32 Å². The molecular formula is C10H19N3O4. The van der Waals surface area contributed by atoms with Gasteiger partial charge in [-0.15, -0.1) is 0 Å². The minimum Gasteiger partial charge on any atom is -0.480 e. The molecule has 0 aromatic heterocycles. The van der Waals surface area contributed by atoms with Crippen LogP contribution in [0.4, 0.5) is 4.79 Å². The fraction of sp³-hybridized carbons (Fsp3) is 0.700. The number of aliphatic carboxylic acids is 1. The van der Waals surface area contributed by atoms with Crippen molar-refractivity contribution in [1.82, 2.24) is 10.2 Å². The molecular weight excluding hydrogens is 226 g/mol. The second kappa shape index (κ2) is 5.51. The van der Waals surface area contributed by atoms with Crippen LogP contribution in [-0.4, -0.2) is 46.5 Å². The second-order valence-corrected chi connectivity index (χ2v) is 4.58. The number of urea groups is 1. The minimum absolute atomic E-state index is 0.0198. The van der Waals surface area contributed by atoms with Crippen molar-refractivity contribution in [3.05, 3.63) is 0 Å². The highest BCUT2D eigenvalue weighted by Gasteiger charge is 2.28. The van der Waals surface area contributed by atoms with Crippen LogP contribution in [0.5, 0.6) is 0 Å². The van der Waals surface area contributed by atoms with Crippen LogP contribution in [0.1, 0.15) is 27.2 Å². The van der Waals surface area contributed by atoms with Crippen molar-refractivity contribution in [2.45, 2.75) is 38.8 Å². The van der Waals surface area contributed by atoms with Gasteiger partial charge in [-0.1, -0.05) is 0 Å². The molecule has 1 unspecified atom stereocenters. The van der Waals surface area contributed by atoms with Gasteiger partial charge >= 0.3 is 12.0 Å². The van der Waals surface area contributed by atoms with Gasteiger partial charge in [0, 0.05) is 19.0 Å². The van der Waals surface area contributed by atoms with Crippen LogP contribution < -0.4 is 11.1 Å². The molecule has 98 valence electrons. The van der Waals surface area contributed by atoms with E-state index in [1.807, 2.05) is 0 Å². The molecule has 0 aliphatic carbocycles. The van der Waals surface area contributed by atoms with Crippen molar-refractivity contribution in [3.63, 3.8) is 0 Å². The van der Waals surface area contributed by atoms with E-state index in [0.29, 0.717) is 0 Å². The van der Waals surface area contributed by atoms with E-state index in [-0.39, 0.29) is 6.42 Å². The van der Waals surface area contributed by atoms with Crippen LogP contribution in [-0.2, 0) is 9.59 Å². The van der Waals surface area contributed by atoms with Crippen molar-refractivity contribution < 1.29 is 19.5 Å². The van der Waals surface area contributed by atoms with Crippen LogP contribution in [0.2, 0.25) is 0 Å². The SMILES string of the molecule is CC(C(=O)O)N(C)C(=O)NC(C)(C)CC(N)=O. The topological polar surface area (TPSA) is 113 Å². The Bertz CT molecular complexity index is 328. The number of carbonyl (C=O) groups excluding carboxylic acids is 2. The number of rotatable bonds is 5. The number of hydrogen-bond acceptors (Lipinski definition) is 3. The summed E-state index contributed by atoms with van der Waals surface area (Å²) in [7, 11) is 1.37. The second-order valence-electron chi connectivity index (χ2n) is 4.58. The van der Waals surface area contributed by atoms with Gasteiger partial charge in [0.1, 0.15) is 6.04 Å². The van der Waals surface area contributed by atoms with Crippen molar-refractivity contribution in [1.29, 1.82) is 0 Å². The Morgan fingerprint density at radius 2 is 1.88 bits per heavy atom. The molecule has 1 atom stereocenters. The summed E-state index contributed by atoms with van der Waals surface area (Å²) in [6.07, 6.45) is -0.0198. The number of nitrogens with one attached hydrogen (secondary N) is 1. The molecule has 0 aliphatic rings. The highest BCUT2D eigenvalue weighted by molar-refractivity contribution is 5.83. The Morgan fingerprint density at radius 1 is 1.41 bits per heavy atom. The number of hydrogen-bond donors (Lipinski definition) is 3. The van der Waals surface area contributed by atoms with Crippen LogP contribution in [0.15, 0.2) is 0 Å². The molecule has 0 aliphatic heterocycles. The average molecular weight is 245 g/mol. The highest BCUT2D eigenvalue weighted by atomic mass is 16.4. The first-order chi connectivity index (χ1) is 7.57. The molecule has 0 saturated carbocycles. The predicted molar refractivity (Wildman–Crippen MR) is 61.3 cm³/mol. The van der Waals surface area contributed by atoms with Gasteiger partial charge in [0.2, 0.25) is 5.91 Å². The molecule has 0 heterocycles. The number of nitrogens with two attached hydrogens (primary N) is 1. The van der Waals surface area contributed by atoms with Crippen molar-refractivity contribution in [3.8, 4) is 0 Å². The predicted octanol–water partition coefficient (Wildman–Crippen LogP) is -0.245. The zero-order valence-corrected chi connectivity index (χ0v) is 10.5. The molecule has 0 aromatic carbocycles. The number of carboxylic acid groups (broad SMARTS) is 1. The Kier molecular flexibility index (Phi) is 4.93. The summed E-state index contributed by atoms with van der Waals surface area (Å²) >= 11 is 0. The summed E-state index contributed by atoms with van der Waals surface area (Å²) in [5.74, 6) is -1.64. The van der Waals surface area contributed by atoms with Gasteiger partial charge in [0.15, 0.2) is 0 Å². The largest absolute Gasteiger partial charge is 0.480 e. The van der Waals surface area contributed by atoms with Gasteiger partial charge in [0.25, 0.3) is 0 Å². The molecule has 0 spiro atoms. The third-order valence-corrected chi connectivity index (χ3v) is 2.32. The molecule has 7 heteroatoms. The molecule has 0 aromatic rings. The first-order valence-corrected chi connectivity index (χ1v) is 5.13. The average Bonchev–Trinajstić information content (AvgIpc) is 2.11. The van der Waals surface area contributed by atoms with Gasteiger partial charge in [-0.2, -0.15) is 0 Å². The highest BCUT2D eigenvalue weighted by Crippen LogP contribution is 2.09. The van der Waals surface area contributed by atoms with E-state index in [4.69, 9.17) is 10.8 Å². The van der Waals surface area contributed by atoms with E-state index in [1.54, 1.807) is 13.8 Å². The molecule has 17 heavy (non-hydrogen) atoms. The van der Waals surface area contributed by atoms with E-state index in [0.717, 1.165) is 4.90 Å². The number of amides is 3. The first-order valence-electron chi connectivity index (χ1n) is 5.13. The van der Waals surface area contributed by atoms with Crippen LogP contribution >= 0.6 is 0 Å². The lowest BCUT2D eigenvalue weighted by Crippen LogP contribution is -2.53. The molecule has 0 rings (SSSR count). The van der Waals surface area contributed by atoms with Crippen LogP contribution in [0, 0.1) is 0 Å². The number of carbonyl (C=O) groups is 3. The van der Waals surface area contributed by atoms with E-state index in [1.165, 1.54) is 14.0 Å². The van der Waals surface area contributed by atoms with Gasteiger partial charge in [-0.25, -0.2) is 9.59 Å². The molecule has 0 fully saturated rings. The summed E-state index contributed by atoms with van der Waals surface area (Å²) in [6, 6.07) is -1.51. The van der Waals surface area contributed by atoms with E-state index >= 15 is 0 Å². The molecule has 0 saturated heterocycles. The number of carboxylic acids is 1. The summed E-state index contributed by atoms with van der Waals surface area (Å²) in [5.41, 5.74) is 4.23. The minimum atomic E-state index is -1.10. The summed E-state index contributed by atoms with van der Waals surface area (Å²) < 4.78 is 0. The molecule has 4 N–H and O–H groups in total. The van der Waals surface area contributed by atoms with Gasteiger partial charge in [0.05, 0.1) is 0 Å². The van der Waals surface area contributed by atoms with Crippen LogP contribution in [0.3, 0.4) is 0 Å². The number of nitrogens with zero attached hydrogens (tertiary/aromatic N) is 1. The van der Waals surface area contributed by atoms with Gasteiger partial charge in [-0.05, 0) is 20.8 Å². The Hall–Kier alpha value is -1.79. The van der Waals surface area contributed by atoms with Crippen molar-refractivity contribution in [2.24, 2.45) is 5.73 Å². The summed E-state index contributed by atoms with van der Waals surface area (Å²) in [4.78, 5) is 34.2. The third-order valence-electron chi connectivity index (χ3n) is 2.32. The zero-order chi connectivity index (χ0) is 13.8. The Labute approximate surface area is 100.0 Å². The number of likely N-dealkylation sites (N-methyl/N-ethyl adjacent to an activating group) is 1. The summed E-state index contributed by atoms with van der Waals surface area (Å²) in [5, 5.41) is 11.3. The lowest BCUT2D eigenvalue weighted by atomic mass is 10.0.